The van der Waals surface area contributed by atoms with Crippen LogP contribution in [0.5, 0.6) is 5.75 Å². The molecule has 4 heteroatoms. The maximum atomic E-state index is 13.4. The van der Waals surface area contributed by atoms with Gasteiger partial charge in [-0.3, -0.25) is 4.79 Å². The molecule has 0 fully saturated rings. The molecule has 154 valence electrons. The molecule has 0 aromatic heterocycles. The van der Waals surface area contributed by atoms with E-state index in [0.717, 1.165) is 22.6 Å². The van der Waals surface area contributed by atoms with Gasteiger partial charge in [0.25, 0.3) is 6.23 Å². The van der Waals surface area contributed by atoms with Crippen LogP contribution in [0.2, 0.25) is 0 Å². The molecule has 0 N–H and O–H groups in total. The number of carbonyl (C=O) groups excluding carboxylic acids is 1. The minimum absolute atomic E-state index is 0.0421. The Morgan fingerprint density at radius 1 is 1.17 bits per heavy atom. The van der Waals surface area contributed by atoms with E-state index >= 15 is 0 Å². The molecule has 0 saturated heterocycles. The number of hydrogen-bond donors (Lipinski definition) is 0. The summed E-state index contributed by atoms with van der Waals surface area (Å²) in [6.45, 7) is 9.55. The van der Waals surface area contributed by atoms with Crippen LogP contribution in [0.3, 0.4) is 0 Å². The highest BCUT2D eigenvalue weighted by molar-refractivity contribution is 6.05. The Morgan fingerprint density at radius 3 is 2.67 bits per heavy atom. The van der Waals surface area contributed by atoms with Gasteiger partial charge in [0.1, 0.15) is 5.75 Å². The number of allylic oxidation sites excluding steroid dienone is 10. The average Bonchev–Trinajstić information content (AvgIpc) is 3.21. The third-order valence-electron chi connectivity index (χ3n) is 5.08. The second-order valence-electron chi connectivity index (χ2n) is 7.01. The number of para-hydroxylation sites is 1. The fraction of sp³-hybridized carbons (Fsp3) is 0.231. The summed E-state index contributed by atoms with van der Waals surface area (Å²) < 4.78 is 6.17. The second kappa shape index (κ2) is 9.88. The number of benzene rings is 1. The summed E-state index contributed by atoms with van der Waals surface area (Å²) in [7, 11) is 0. The highest BCUT2D eigenvalue weighted by Crippen LogP contribution is 2.43. The predicted molar refractivity (Wildman–Crippen MR) is 123 cm³/mol. The summed E-state index contributed by atoms with van der Waals surface area (Å²) in [5.41, 5.74) is 3.59. The highest BCUT2D eigenvalue weighted by Gasteiger charge is 2.43. The van der Waals surface area contributed by atoms with E-state index in [1.54, 1.807) is 6.08 Å². The van der Waals surface area contributed by atoms with Gasteiger partial charge in [-0.2, -0.15) is 5.10 Å². The number of nitrogens with zero attached hydrogens (tertiary/aromatic N) is 2. The molecule has 2 atom stereocenters. The van der Waals surface area contributed by atoms with Gasteiger partial charge < -0.3 is 4.74 Å². The molecule has 0 spiro atoms. The van der Waals surface area contributed by atoms with Crippen molar-refractivity contribution in [1.82, 2.24) is 5.01 Å². The maximum absolute atomic E-state index is 13.4. The SMILES string of the molecule is C=C/C=C\C(=C/C)C1=NN2C(C(=O)C(/C=C\C)=C/C=C\C)Oc3ccccc3C2C1. The van der Waals surface area contributed by atoms with Gasteiger partial charge >= 0.3 is 0 Å². The Hall–Kier alpha value is -3.40. The molecule has 30 heavy (non-hydrogen) atoms. The van der Waals surface area contributed by atoms with Crippen LogP contribution < -0.4 is 4.74 Å². The van der Waals surface area contributed by atoms with E-state index in [1.807, 2.05) is 98.7 Å². The van der Waals surface area contributed by atoms with E-state index < -0.39 is 6.23 Å². The van der Waals surface area contributed by atoms with Crippen LogP contribution in [0.15, 0.2) is 102 Å². The Bertz CT molecular complexity index is 992. The first-order valence-electron chi connectivity index (χ1n) is 10.2. The summed E-state index contributed by atoms with van der Waals surface area (Å²) >= 11 is 0. The summed E-state index contributed by atoms with van der Waals surface area (Å²) in [5.74, 6) is 0.627. The van der Waals surface area contributed by atoms with Crippen molar-refractivity contribution in [2.45, 2.75) is 39.5 Å². The smallest absolute Gasteiger partial charge is 0.251 e. The third kappa shape index (κ3) is 4.28. The number of rotatable bonds is 7. The van der Waals surface area contributed by atoms with Gasteiger partial charge in [0, 0.05) is 17.6 Å². The van der Waals surface area contributed by atoms with Crippen molar-refractivity contribution in [1.29, 1.82) is 0 Å². The molecule has 2 aliphatic heterocycles. The first-order chi connectivity index (χ1) is 14.6. The second-order valence-corrected chi connectivity index (χ2v) is 7.01. The number of Topliss-reactive ketones (excluding diaryl/α,β-unsaturated/α-hetero) is 1. The number of carbonyl (C=O) groups is 1. The van der Waals surface area contributed by atoms with Crippen LogP contribution in [-0.4, -0.2) is 22.7 Å². The molecule has 3 rings (SSSR count). The highest BCUT2D eigenvalue weighted by atomic mass is 16.5. The summed E-state index contributed by atoms with van der Waals surface area (Å²) in [6.07, 6.45) is 16.8. The molecule has 2 aliphatic rings. The van der Waals surface area contributed by atoms with Crippen molar-refractivity contribution in [2.24, 2.45) is 5.10 Å². The van der Waals surface area contributed by atoms with Gasteiger partial charge in [-0.05, 0) is 32.4 Å². The molecule has 2 unspecified atom stereocenters. The number of ether oxygens (including phenoxy) is 1. The van der Waals surface area contributed by atoms with E-state index in [4.69, 9.17) is 9.84 Å². The zero-order chi connectivity index (χ0) is 21.5. The normalized spacial score (nSPS) is 21.7. The van der Waals surface area contributed by atoms with E-state index in [9.17, 15) is 4.79 Å². The largest absolute Gasteiger partial charge is 0.461 e. The molecule has 1 aromatic carbocycles. The monoisotopic (exact) mass is 400 g/mol. The molecular formula is C26H28N2O2. The van der Waals surface area contributed by atoms with Crippen LogP contribution in [0.4, 0.5) is 0 Å². The first-order valence-corrected chi connectivity index (χ1v) is 10.2. The zero-order valence-electron chi connectivity index (χ0n) is 17.8. The minimum atomic E-state index is -0.809. The molecule has 4 nitrogen and oxygen atoms in total. The van der Waals surface area contributed by atoms with E-state index in [0.29, 0.717) is 12.0 Å². The lowest BCUT2D eigenvalue weighted by Crippen LogP contribution is -2.46. The molecule has 1 aromatic rings. The van der Waals surface area contributed by atoms with Crippen LogP contribution in [0, 0.1) is 0 Å². The fourth-order valence-corrected chi connectivity index (χ4v) is 3.65. The average molecular weight is 401 g/mol. The lowest BCUT2D eigenvalue weighted by Gasteiger charge is -2.37. The third-order valence-corrected chi connectivity index (χ3v) is 5.08. The molecule has 2 heterocycles. The van der Waals surface area contributed by atoms with E-state index in [2.05, 4.69) is 6.58 Å². The molecule has 0 bridgehead atoms. The van der Waals surface area contributed by atoms with E-state index in [-0.39, 0.29) is 11.8 Å². The van der Waals surface area contributed by atoms with Crippen LogP contribution in [-0.2, 0) is 4.79 Å². The standard InChI is InChI=1S/C26H28N2O2/c1-5-9-14-19(8-4)22-18-23-21-16-11-12-17-24(21)30-26(28(23)27-22)25(29)20(13-7-3)15-10-6-2/h5-17,23,26H,1,18H2,2-4H3/b10-6-,13-7-,14-9-,19-8+,20-15+. The van der Waals surface area contributed by atoms with Crippen LogP contribution in [0.1, 0.15) is 38.8 Å². The fourth-order valence-electron chi connectivity index (χ4n) is 3.65. The van der Waals surface area contributed by atoms with Crippen molar-refractivity contribution in [2.75, 3.05) is 0 Å². The predicted octanol–water partition coefficient (Wildman–Crippen LogP) is 5.84. The van der Waals surface area contributed by atoms with Gasteiger partial charge in [-0.1, -0.05) is 79.5 Å². The number of ketones is 1. The molecule has 0 amide bonds. The molecule has 0 aliphatic carbocycles. The van der Waals surface area contributed by atoms with Gasteiger partial charge in [-0.15, -0.1) is 0 Å². The van der Waals surface area contributed by atoms with Crippen LogP contribution >= 0.6 is 0 Å². The van der Waals surface area contributed by atoms with Gasteiger partial charge in [0.15, 0.2) is 0 Å². The quantitative estimate of drug-likeness (QED) is 0.426. The molecule has 0 radical (unpaired) electrons. The lowest BCUT2D eigenvalue weighted by molar-refractivity contribution is -0.133. The van der Waals surface area contributed by atoms with E-state index in [1.165, 1.54) is 0 Å². The summed E-state index contributed by atoms with van der Waals surface area (Å²) in [4.78, 5) is 13.4. The number of hydrogen-bond acceptors (Lipinski definition) is 4. The van der Waals surface area contributed by atoms with Crippen molar-refractivity contribution in [3.63, 3.8) is 0 Å². The Labute approximate surface area is 178 Å². The Kier molecular flexibility index (Phi) is 7.02. The molecular weight excluding hydrogens is 372 g/mol. The molecule has 0 saturated carbocycles. The van der Waals surface area contributed by atoms with Crippen LogP contribution in [0.25, 0.3) is 0 Å². The van der Waals surface area contributed by atoms with Gasteiger partial charge in [-0.25, -0.2) is 5.01 Å². The van der Waals surface area contributed by atoms with Gasteiger partial charge in [0.05, 0.1) is 11.8 Å². The number of hydrazone groups is 1. The Balaban J connectivity index is 2.04. The van der Waals surface area contributed by atoms with Crippen molar-refractivity contribution >= 4 is 11.5 Å². The first kappa shape index (κ1) is 21.3. The van der Waals surface area contributed by atoms with Crippen molar-refractivity contribution < 1.29 is 9.53 Å². The maximum Gasteiger partial charge on any atom is 0.251 e. The van der Waals surface area contributed by atoms with Crippen molar-refractivity contribution in [3.05, 3.63) is 102 Å². The lowest BCUT2D eigenvalue weighted by atomic mass is 9.95. The van der Waals surface area contributed by atoms with Crippen molar-refractivity contribution in [3.8, 4) is 5.75 Å². The van der Waals surface area contributed by atoms with Gasteiger partial charge in [0.2, 0.25) is 5.78 Å². The Morgan fingerprint density at radius 2 is 1.97 bits per heavy atom. The summed E-state index contributed by atoms with van der Waals surface area (Å²) in [6, 6.07) is 7.85. The number of fused-ring (bicyclic) bond motifs is 3. The summed E-state index contributed by atoms with van der Waals surface area (Å²) in [5, 5.41) is 6.66. The zero-order valence-corrected chi connectivity index (χ0v) is 17.8. The topological polar surface area (TPSA) is 41.9 Å². The minimum Gasteiger partial charge on any atom is -0.461 e.